The van der Waals surface area contributed by atoms with Crippen molar-refractivity contribution < 1.29 is 19.5 Å². The second kappa shape index (κ2) is 32.7. The summed E-state index contributed by atoms with van der Waals surface area (Å²) in [5, 5.41) is 21.3. The molecule has 1 aliphatic carbocycles. The molecule has 8 aromatic carbocycles. The van der Waals surface area contributed by atoms with Crippen LogP contribution in [0.3, 0.4) is 0 Å². The van der Waals surface area contributed by atoms with Crippen LogP contribution in [0.15, 0.2) is 263 Å². The monoisotopic (exact) mass is 1560 g/mol. The Kier molecular flexibility index (Phi) is 21.7. The number of nitrogens with one attached hydrogen (secondary N) is 2. The topological polar surface area (TPSA) is 226 Å². The van der Waals surface area contributed by atoms with Gasteiger partial charge in [-0.2, -0.15) is 0 Å². The molecule has 0 unspecified atom stereocenters. The Morgan fingerprint density at radius 3 is 1.29 bits per heavy atom. The number of carbonyl (C=O) groups excluding carboxylic acids is 3. The Morgan fingerprint density at radius 1 is 0.434 bits per heavy atom. The fourth-order valence-corrected chi connectivity index (χ4v) is 14.9. The molecule has 23 heteroatoms. The van der Waals surface area contributed by atoms with E-state index in [9.17, 15) is 28.8 Å². The number of aromatic nitrogens is 7. The molecular weight excluding hydrogens is 1480 g/mol. The van der Waals surface area contributed by atoms with Crippen molar-refractivity contribution in [3.8, 4) is 50.6 Å². The van der Waals surface area contributed by atoms with E-state index >= 15 is 0 Å². The summed E-state index contributed by atoms with van der Waals surface area (Å²) in [5.41, 5.74) is 14.1. The number of benzene rings is 8. The van der Waals surface area contributed by atoms with E-state index in [1.165, 1.54) is 12.1 Å². The zero-order chi connectivity index (χ0) is 78.0. The summed E-state index contributed by atoms with van der Waals surface area (Å²) >= 11 is 18.2. The van der Waals surface area contributed by atoms with Crippen LogP contribution in [0, 0.1) is 0 Å². The number of likely N-dealkylation sites (tertiary alicyclic amines) is 1. The maximum absolute atomic E-state index is 13.3. The molecule has 0 atom stereocenters. The van der Waals surface area contributed by atoms with Gasteiger partial charge in [0.05, 0.1) is 51.4 Å². The summed E-state index contributed by atoms with van der Waals surface area (Å²) < 4.78 is 5.01. The van der Waals surface area contributed by atoms with Crippen LogP contribution < -0.4 is 27.3 Å². The minimum Gasteiger partial charge on any atom is -0.395 e. The van der Waals surface area contributed by atoms with Gasteiger partial charge in [-0.15, -0.1) is 0 Å². The first kappa shape index (κ1) is 75.0. The maximum Gasteiger partial charge on any atom is 0.255 e. The Labute approximate surface area is 664 Å². The lowest BCUT2D eigenvalue weighted by Gasteiger charge is -2.39. The zero-order valence-electron chi connectivity index (χ0n) is 61.8. The first-order valence-electron chi connectivity index (χ1n) is 37.4. The second-order valence-corrected chi connectivity index (χ2v) is 30.0. The minimum atomic E-state index is -0.186. The fraction of sp³-hybridized carbons (Fsp3) is 0.178. The average Bonchev–Trinajstić information content (AvgIpc) is 1.04. The third kappa shape index (κ3) is 16.4. The highest BCUT2D eigenvalue weighted by molar-refractivity contribution is 6.31. The number of hydrogen-bond acceptors (Lipinski definition) is 14. The number of likely N-dealkylation sites (N-methyl/N-ethyl adjacent to an activating group) is 1. The van der Waals surface area contributed by atoms with Crippen LogP contribution >= 0.6 is 34.8 Å². The number of aliphatic hydroxyl groups is 1. The molecule has 0 bridgehead atoms. The summed E-state index contributed by atoms with van der Waals surface area (Å²) in [6.45, 7) is 7.40. The number of rotatable bonds is 16. The molecule has 7 aromatic heterocycles. The molecule has 113 heavy (non-hydrogen) atoms. The number of nitrogens with zero attached hydrogens (tertiary/aromatic N) is 11. The lowest BCUT2D eigenvalue weighted by Crippen LogP contribution is -2.59. The quantitative estimate of drug-likeness (QED) is 0.0765. The molecule has 20 nitrogen and oxygen atoms in total. The molecule has 3 aliphatic rings. The van der Waals surface area contributed by atoms with Crippen molar-refractivity contribution in [1.82, 2.24) is 63.9 Å². The number of pyridine rings is 7. The van der Waals surface area contributed by atoms with E-state index in [1.807, 2.05) is 150 Å². The van der Waals surface area contributed by atoms with E-state index in [0.717, 1.165) is 135 Å². The number of halogens is 3. The summed E-state index contributed by atoms with van der Waals surface area (Å²) in [4.78, 5) is 105. The molecule has 0 spiro atoms. The van der Waals surface area contributed by atoms with Gasteiger partial charge in [0.2, 0.25) is 0 Å². The van der Waals surface area contributed by atoms with Crippen LogP contribution in [-0.2, 0) is 0 Å². The standard InChI is InChI=1S/C33H32ClN5O2.C30H25ClN4O3.C27H19ClN4O2/c1-36(2)15-16-37-17-19-38(20-18-37)33(41)24-5-11-28(12-6-24)39-31(40)14-8-26-22-35-30-13-7-25(21-29(30)32(26)39)23-3-9-27(34)10-4-23;31-23-7-1-19(2-8-23)21-5-11-27-26(15-21)29-22(16-32-27)6-12-28(37)35(29)25-9-3-20(4-10-25)30(38)33-24-17-34(18-24)13-14-36;28-19-6-1-16(2-7-19)22-12-13-23-25(31-22)26-18(15-29-23)5-14-24(33)32(26)21-10-3-17(4-11-21)27(34)30-20-8-9-20/h3-14,21-22H,15-20H2,1-2H3;1-12,15-16,24,36H,13-14,17-18H2,(H,33,38);1-7,10-15,20H,8-9H2,(H,30,34). The SMILES string of the molecule is CN(C)CCN1CCN(C(=O)c2ccc(-n3c(=O)ccc4cnc5ccc(-c6ccc(Cl)cc6)cc5c43)cc2)CC1.O=C(NC1CC1)c1ccc(-n2c(=O)ccc3cnc4ccc(-c5ccc(Cl)cc5)nc4c32)cc1.O=C(NC1CN(CCO)C1)c1ccc(-n2c(=O)ccc3cnc4ccc(-c5ccc(Cl)cc5)cc4c32)cc1. The van der Waals surface area contributed by atoms with Crippen LogP contribution in [0.1, 0.15) is 43.9 Å². The van der Waals surface area contributed by atoms with Gasteiger partial charge in [0.25, 0.3) is 34.4 Å². The molecule has 3 amide bonds. The molecule has 15 aromatic rings. The molecule has 3 fully saturated rings. The van der Waals surface area contributed by atoms with Crippen molar-refractivity contribution >= 4 is 118 Å². The third-order valence-electron chi connectivity index (χ3n) is 20.8. The number of amides is 3. The Bertz CT molecular complexity index is 6330. The zero-order valence-corrected chi connectivity index (χ0v) is 64.0. The third-order valence-corrected chi connectivity index (χ3v) is 21.5. The van der Waals surface area contributed by atoms with Gasteiger partial charge in [-0.05, 0) is 213 Å². The van der Waals surface area contributed by atoms with Crippen molar-refractivity contribution in [2.45, 2.75) is 24.9 Å². The van der Waals surface area contributed by atoms with Crippen molar-refractivity contribution in [3.05, 3.63) is 312 Å². The Morgan fingerprint density at radius 2 is 0.841 bits per heavy atom. The highest BCUT2D eigenvalue weighted by atomic mass is 35.5. The number of fused-ring (bicyclic) bond motifs is 9. The molecule has 3 N–H and O–H groups in total. The van der Waals surface area contributed by atoms with Gasteiger partial charge in [-0.3, -0.25) is 67.2 Å². The van der Waals surface area contributed by atoms with Crippen LogP contribution in [0.5, 0.6) is 0 Å². The predicted molar refractivity (Wildman–Crippen MR) is 450 cm³/mol. The highest BCUT2D eigenvalue weighted by Gasteiger charge is 2.29. The van der Waals surface area contributed by atoms with Gasteiger partial charge in [-0.1, -0.05) is 83.3 Å². The van der Waals surface area contributed by atoms with Gasteiger partial charge >= 0.3 is 0 Å². The molecule has 2 saturated heterocycles. The average molecular weight is 1560 g/mol. The maximum atomic E-state index is 13.3. The fourth-order valence-electron chi connectivity index (χ4n) is 14.5. The first-order valence-corrected chi connectivity index (χ1v) is 38.5. The van der Waals surface area contributed by atoms with E-state index in [4.69, 9.17) is 44.9 Å². The van der Waals surface area contributed by atoms with Gasteiger partial charge < -0.3 is 25.5 Å². The van der Waals surface area contributed by atoms with Crippen LogP contribution in [-0.4, -0.2) is 168 Å². The lowest BCUT2D eigenvalue weighted by molar-refractivity contribution is 0.0629. The van der Waals surface area contributed by atoms with Crippen molar-refractivity contribution in [2.75, 3.05) is 79.6 Å². The van der Waals surface area contributed by atoms with Crippen molar-refractivity contribution in [2.24, 2.45) is 0 Å². The molecule has 18 rings (SSSR count). The van der Waals surface area contributed by atoms with Crippen molar-refractivity contribution in [1.29, 1.82) is 0 Å². The van der Waals surface area contributed by atoms with E-state index in [0.29, 0.717) is 85.0 Å². The van der Waals surface area contributed by atoms with E-state index in [1.54, 1.807) is 99.0 Å². The number of β-amino-alcohol motifs (C(OH)–C–C–N with tert-alkyl or cyclic N) is 1. The molecule has 2 aliphatic heterocycles. The number of carbonyl (C=O) groups is 3. The Balaban J connectivity index is 0.000000128. The normalized spacial score (nSPS) is 13.9. The van der Waals surface area contributed by atoms with Crippen LogP contribution in [0.25, 0.3) is 116 Å². The lowest BCUT2D eigenvalue weighted by atomic mass is 10.0. The smallest absolute Gasteiger partial charge is 0.255 e. The van der Waals surface area contributed by atoms with E-state index in [-0.39, 0.29) is 53.1 Å². The van der Waals surface area contributed by atoms with Gasteiger partial charge in [-0.25, -0.2) is 4.98 Å². The summed E-state index contributed by atoms with van der Waals surface area (Å²) in [6, 6.07) is 70.5. The second-order valence-electron chi connectivity index (χ2n) is 28.7. The molecule has 1 saturated carbocycles. The van der Waals surface area contributed by atoms with Gasteiger partial charge in [0.15, 0.2) is 0 Å². The summed E-state index contributed by atoms with van der Waals surface area (Å²) in [7, 11) is 4.15. The number of aliphatic hydroxyl groups excluding tert-OH is 1. The van der Waals surface area contributed by atoms with E-state index in [2.05, 4.69) is 60.4 Å². The van der Waals surface area contributed by atoms with E-state index < -0.39 is 0 Å². The molecular formula is C90H76Cl3N13O7. The molecule has 9 heterocycles. The van der Waals surface area contributed by atoms with Crippen LogP contribution in [0.4, 0.5) is 0 Å². The van der Waals surface area contributed by atoms with Crippen LogP contribution in [0.2, 0.25) is 15.1 Å². The molecule has 564 valence electrons. The van der Waals surface area contributed by atoms with Gasteiger partial charge in [0, 0.05) is 183 Å². The Hall–Kier alpha value is -12.1. The highest BCUT2D eigenvalue weighted by Crippen LogP contribution is 2.34. The number of hydrogen-bond donors (Lipinski definition) is 3. The predicted octanol–water partition coefficient (Wildman–Crippen LogP) is 14.6. The minimum absolute atomic E-state index is 0.0244. The first-order chi connectivity index (χ1) is 54.9. The molecule has 0 radical (unpaired) electrons. The van der Waals surface area contributed by atoms with Gasteiger partial charge in [0.1, 0.15) is 5.52 Å². The largest absolute Gasteiger partial charge is 0.395 e. The summed E-state index contributed by atoms with van der Waals surface area (Å²) in [5.74, 6) is -0.225. The number of piperazine rings is 1. The van der Waals surface area contributed by atoms with Crippen molar-refractivity contribution in [3.63, 3.8) is 0 Å². The summed E-state index contributed by atoms with van der Waals surface area (Å²) in [6.07, 6.45) is 7.37.